The molecule has 0 radical (unpaired) electrons. The largest absolute Gasteiger partial charge is 0.378 e. The number of ether oxygens (including phenoxy) is 1. The van der Waals surface area contributed by atoms with Crippen molar-refractivity contribution in [2.45, 2.75) is 38.8 Å². The second-order valence-electron chi connectivity index (χ2n) is 5.44. The number of nitrogens with zero attached hydrogens (tertiary/aromatic N) is 1. The van der Waals surface area contributed by atoms with Gasteiger partial charge < -0.3 is 10.5 Å². The molecule has 0 saturated carbocycles. The van der Waals surface area contributed by atoms with E-state index in [9.17, 15) is 4.39 Å². The normalized spacial score (nSPS) is 19.2. The molecule has 4 heteroatoms. The maximum atomic E-state index is 13.2. The lowest BCUT2D eigenvalue weighted by molar-refractivity contribution is 0.00446. The van der Waals surface area contributed by atoms with E-state index >= 15 is 0 Å². The molecule has 0 spiro atoms. The third kappa shape index (κ3) is 3.57. The minimum atomic E-state index is -0.183. The van der Waals surface area contributed by atoms with Gasteiger partial charge in [-0.1, -0.05) is 6.07 Å². The van der Waals surface area contributed by atoms with Gasteiger partial charge in [-0.25, -0.2) is 4.39 Å². The summed E-state index contributed by atoms with van der Waals surface area (Å²) in [4.78, 5) is 2.40. The van der Waals surface area contributed by atoms with Gasteiger partial charge in [-0.2, -0.15) is 0 Å². The van der Waals surface area contributed by atoms with Gasteiger partial charge in [0.25, 0.3) is 0 Å². The van der Waals surface area contributed by atoms with E-state index < -0.39 is 0 Å². The van der Waals surface area contributed by atoms with Crippen LogP contribution in [0.5, 0.6) is 0 Å². The van der Waals surface area contributed by atoms with Crippen molar-refractivity contribution in [1.82, 2.24) is 4.90 Å². The van der Waals surface area contributed by atoms with Crippen LogP contribution in [0, 0.1) is 12.7 Å². The van der Waals surface area contributed by atoms with E-state index in [0.717, 1.165) is 43.7 Å². The summed E-state index contributed by atoms with van der Waals surface area (Å²) in [7, 11) is 0. The molecular formula is C16H25FN2O. The fourth-order valence-electron chi connectivity index (χ4n) is 3.08. The summed E-state index contributed by atoms with van der Waals surface area (Å²) in [6.45, 7) is 7.31. The summed E-state index contributed by atoms with van der Waals surface area (Å²) in [5.41, 5.74) is 8.09. The quantitative estimate of drug-likeness (QED) is 0.901. The Morgan fingerprint density at radius 1 is 1.40 bits per heavy atom. The lowest BCUT2D eigenvalue weighted by Crippen LogP contribution is -2.42. The number of benzene rings is 1. The third-order valence-electron chi connectivity index (χ3n) is 4.13. The zero-order valence-electron chi connectivity index (χ0n) is 12.4. The van der Waals surface area contributed by atoms with Gasteiger partial charge in [-0.15, -0.1) is 0 Å². The Hall–Kier alpha value is -0.970. The predicted octanol–water partition coefficient (Wildman–Crippen LogP) is 2.63. The Labute approximate surface area is 120 Å². The molecule has 2 N–H and O–H groups in total. The number of aryl methyl sites for hydroxylation is 1. The molecule has 1 aliphatic rings. The van der Waals surface area contributed by atoms with E-state index in [1.54, 1.807) is 6.07 Å². The van der Waals surface area contributed by atoms with Crippen molar-refractivity contribution in [3.05, 3.63) is 35.1 Å². The van der Waals surface area contributed by atoms with E-state index in [0.29, 0.717) is 12.6 Å². The number of nitrogens with two attached hydrogens (primary N) is 1. The molecule has 0 aromatic heterocycles. The molecule has 1 aromatic rings. The second kappa shape index (κ2) is 7.16. The van der Waals surface area contributed by atoms with Crippen LogP contribution in [0.2, 0.25) is 0 Å². The molecule has 0 amide bonds. The van der Waals surface area contributed by atoms with Gasteiger partial charge in [-0.3, -0.25) is 4.90 Å². The molecule has 2 rings (SSSR count). The molecule has 20 heavy (non-hydrogen) atoms. The van der Waals surface area contributed by atoms with Crippen LogP contribution in [0.25, 0.3) is 0 Å². The third-order valence-corrected chi connectivity index (χ3v) is 4.13. The molecular weight excluding hydrogens is 255 g/mol. The Balaban J connectivity index is 2.05. The zero-order chi connectivity index (χ0) is 14.5. The highest BCUT2D eigenvalue weighted by atomic mass is 19.1. The minimum Gasteiger partial charge on any atom is -0.378 e. The van der Waals surface area contributed by atoms with Crippen molar-refractivity contribution >= 4 is 0 Å². The zero-order valence-corrected chi connectivity index (χ0v) is 12.4. The highest BCUT2D eigenvalue weighted by molar-refractivity contribution is 5.30. The highest BCUT2D eigenvalue weighted by Gasteiger charge is 2.26. The van der Waals surface area contributed by atoms with Crippen LogP contribution in [0.1, 0.15) is 36.9 Å². The maximum Gasteiger partial charge on any atom is 0.123 e. The van der Waals surface area contributed by atoms with Crippen LogP contribution < -0.4 is 5.73 Å². The summed E-state index contributed by atoms with van der Waals surface area (Å²) in [6.07, 6.45) is 2.47. The van der Waals surface area contributed by atoms with Crippen LogP contribution in [-0.4, -0.2) is 37.2 Å². The maximum absolute atomic E-state index is 13.2. The fourth-order valence-corrected chi connectivity index (χ4v) is 3.08. The number of hydrogen-bond donors (Lipinski definition) is 1. The smallest absolute Gasteiger partial charge is 0.123 e. The highest BCUT2D eigenvalue weighted by Crippen LogP contribution is 2.27. The Morgan fingerprint density at radius 3 is 2.65 bits per heavy atom. The molecule has 1 heterocycles. The Kier molecular flexibility index (Phi) is 5.52. The van der Waals surface area contributed by atoms with Gasteiger partial charge >= 0.3 is 0 Å². The van der Waals surface area contributed by atoms with Crippen LogP contribution in [0.4, 0.5) is 4.39 Å². The molecule has 0 bridgehead atoms. The fraction of sp³-hybridized carbons (Fsp3) is 0.625. The summed E-state index contributed by atoms with van der Waals surface area (Å²) in [6, 6.07) is 5.16. The molecule has 1 aliphatic heterocycles. The van der Waals surface area contributed by atoms with Crippen molar-refractivity contribution in [2.75, 3.05) is 26.2 Å². The topological polar surface area (TPSA) is 38.5 Å². The van der Waals surface area contributed by atoms with Crippen molar-refractivity contribution in [1.29, 1.82) is 0 Å². The van der Waals surface area contributed by atoms with E-state index in [-0.39, 0.29) is 11.9 Å². The van der Waals surface area contributed by atoms with Crippen LogP contribution in [0.3, 0.4) is 0 Å². The first-order chi connectivity index (χ1) is 9.65. The lowest BCUT2D eigenvalue weighted by atomic mass is 9.97. The van der Waals surface area contributed by atoms with E-state index in [4.69, 9.17) is 10.5 Å². The Bertz CT molecular complexity index is 430. The van der Waals surface area contributed by atoms with Crippen molar-refractivity contribution in [3.8, 4) is 0 Å². The molecule has 3 nitrogen and oxygen atoms in total. The van der Waals surface area contributed by atoms with Crippen LogP contribution in [0.15, 0.2) is 18.2 Å². The SMILES string of the molecule is CCOC1CCN(C(CN)c2ccc(F)cc2C)CC1. The van der Waals surface area contributed by atoms with Crippen molar-refractivity contribution < 1.29 is 9.13 Å². The average molecular weight is 280 g/mol. The first kappa shape index (κ1) is 15.4. The molecule has 0 aliphatic carbocycles. The molecule has 1 saturated heterocycles. The number of rotatable bonds is 5. The molecule has 112 valence electrons. The summed E-state index contributed by atoms with van der Waals surface area (Å²) in [5.74, 6) is -0.183. The predicted molar refractivity (Wildman–Crippen MR) is 79.2 cm³/mol. The first-order valence-corrected chi connectivity index (χ1v) is 7.47. The van der Waals surface area contributed by atoms with Crippen LogP contribution in [-0.2, 0) is 4.74 Å². The number of piperidine rings is 1. The van der Waals surface area contributed by atoms with E-state index in [1.165, 1.54) is 6.07 Å². The first-order valence-electron chi connectivity index (χ1n) is 7.47. The van der Waals surface area contributed by atoms with Gasteiger partial charge in [0.2, 0.25) is 0 Å². The van der Waals surface area contributed by atoms with Gasteiger partial charge in [0, 0.05) is 32.3 Å². The van der Waals surface area contributed by atoms with E-state index in [1.807, 2.05) is 19.9 Å². The minimum absolute atomic E-state index is 0.179. The standard InChI is InChI=1S/C16H25FN2O/c1-3-20-14-6-8-19(9-7-14)16(11-18)15-5-4-13(17)10-12(15)2/h4-5,10,14,16H,3,6-9,11,18H2,1-2H3. The second-order valence-corrected chi connectivity index (χ2v) is 5.44. The van der Waals surface area contributed by atoms with Crippen molar-refractivity contribution in [3.63, 3.8) is 0 Å². The van der Waals surface area contributed by atoms with Crippen LogP contribution >= 0.6 is 0 Å². The van der Waals surface area contributed by atoms with Crippen molar-refractivity contribution in [2.24, 2.45) is 5.73 Å². The van der Waals surface area contributed by atoms with Gasteiger partial charge in [0.1, 0.15) is 5.82 Å². The molecule has 1 unspecified atom stereocenters. The summed E-state index contributed by atoms with van der Waals surface area (Å²) in [5, 5.41) is 0. The number of likely N-dealkylation sites (tertiary alicyclic amines) is 1. The number of hydrogen-bond acceptors (Lipinski definition) is 3. The monoisotopic (exact) mass is 280 g/mol. The molecule has 1 atom stereocenters. The van der Waals surface area contributed by atoms with E-state index in [2.05, 4.69) is 4.90 Å². The van der Waals surface area contributed by atoms with Gasteiger partial charge in [0.15, 0.2) is 0 Å². The molecule has 1 aromatic carbocycles. The summed E-state index contributed by atoms with van der Waals surface area (Å²) < 4.78 is 18.9. The lowest BCUT2D eigenvalue weighted by Gasteiger charge is -2.37. The Morgan fingerprint density at radius 2 is 2.10 bits per heavy atom. The van der Waals surface area contributed by atoms with Gasteiger partial charge in [-0.05, 0) is 49.9 Å². The average Bonchev–Trinajstić information content (AvgIpc) is 2.44. The molecule has 1 fully saturated rings. The number of halogens is 1. The summed E-state index contributed by atoms with van der Waals surface area (Å²) >= 11 is 0. The van der Waals surface area contributed by atoms with Gasteiger partial charge in [0.05, 0.1) is 6.10 Å².